The van der Waals surface area contributed by atoms with E-state index in [0.717, 1.165) is 37.7 Å². The van der Waals surface area contributed by atoms with Crippen molar-refractivity contribution in [2.45, 2.75) is 103 Å². The molecule has 0 spiro atoms. The zero-order valence-electron chi connectivity index (χ0n) is 20.2. The molecule has 0 bridgehead atoms. The molecule has 1 amide bonds. The summed E-state index contributed by atoms with van der Waals surface area (Å²) in [5.41, 5.74) is -0.467. The summed E-state index contributed by atoms with van der Waals surface area (Å²) in [6.45, 7) is 8.80. The number of amides is 1. The molecule has 7 unspecified atom stereocenters. The zero-order valence-corrected chi connectivity index (χ0v) is 20.2. The predicted octanol–water partition coefficient (Wildman–Crippen LogP) is 5.78. The number of nitrogens with zero attached hydrogens (tertiary/aromatic N) is 1. The summed E-state index contributed by atoms with van der Waals surface area (Å²) < 4.78 is 17.5. The third-order valence-electron chi connectivity index (χ3n) is 8.23. The van der Waals surface area contributed by atoms with Crippen molar-refractivity contribution in [1.29, 1.82) is 0 Å². The second kappa shape index (κ2) is 9.43. The summed E-state index contributed by atoms with van der Waals surface area (Å²) in [5, 5.41) is 0. The van der Waals surface area contributed by atoms with Gasteiger partial charge in [0.25, 0.3) is 0 Å². The third kappa shape index (κ3) is 4.98. The maximum Gasteiger partial charge on any atom is 0.411 e. The SMILES string of the molecule is COC1OCC2C(C=CC3CCC[C@H](C)N3C(=O)OC(C)(C)C)C3CCCCC3CC12. The summed E-state index contributed by atoms with van der Waals surface area (Å²) in [6.07, 6.45) is 14.5. The Morgan fingerprint density at radius 2 is 1.77 bits per heavy atom. The molecule has 4 aliphatic rings. The monoisotopic (exact) mass is 433 g/mol. The van der Waals surface area contributed by atoms with E-state index in [1.165, 1.54) is 32.1 Å². The van der Waals surface area contributed by atoms with E-state index in [2.05, 4.69) is 19.1 Å². The maximum atomic E-state index is 13.0. The fraction of sp³-hybridized carbons (Fsp3) is 0.885. The van der Waals surface area contributed by atoms with Crippen molar-refractivity contribution in [2.24, 2.45) is 29.6 Å². The van der Waals surface area contributed by atoms with Crippen LogP contribution in [0.3, 0.4) is 0 Å². The molecule has 0 N–H and O–H groups in total. The lowest BCUT2D eigenvalue weighted by molar-refractivity contribution is -0.118. The van der Waals surface area contributed by atoms with Crippen molar-refractivity contribution in [1.82, 2.24) is 4.90 Å². The van der Waals surface area contributed by atoms with E-state index in [-0.39, 0.29) is 24.5 Å². The number of hydrogen-bond donors (Lipinski definition) is 0. The summed E-state index contributed by atoms with van der Waals surface area (Å²) >= 11 is 0. The number of likely N-dealkylation sites (tertiary alicyclic amines) is 1. The zero-order chi connectivity index (χ0) is 22.2. The molecular weight excluding hydrogens is 390 g/mol. The molecule has 2 saturated heterocycles. The van der Waals surface area contributed by atoms with Crippen LogP contribution in [-0.2, 0) is 14.2 Å². The Morgan fingerprint density at radius 3 is 2.52 bits per heavy atom. The van der Waals surface area contributed by atoms with Crippen molar-refractivity contribution in [2.75, 3.05) is 13.7 Å². The average molecular weight is 434 g/mol. The third-order valence-corrected chi connectivity index (χ3v) is 8.23. The molecule has 0 aromatic carbocycles. The highest BCUT2D eigenvalue weighted by molar-refractivity contribution is 5.69. The summed E-state index contributed by atoms with van der Waals surface area (Å²) in [6, 6.07) is 0.342. The van der Waals surface area contributed by atoms with Crippen molar-refractivity contribution < 1.29 is 19.0 Å². The molecule has 5 nitrogen and oxygen atoms in total. The van der Waals surface area contributed by atoms with Crippen LogP contribution in [0.5, 0.6) is 0 Å². The minimum Gasteiger partial charge on any atom is -0.444 e. The molecule has 0 aromatic heterocycles. The molecule has 0 aromatic rings. The van der Waals surface area contributed by atoms with Crippen LogP contribution in [0.25, 0.3) is 0 Å². The van der Waals surface area contributed by atoms with E-state index >= 15 is 0 Å². The molecule has 2 saturated carbocycles. The predicted molar refractivity (Wildman–Crippen MR) is 122 cm³/mol. The van der Waals surface area contributed by atoms with E-state index < -0.39 is 5.60 Å². The van der Waals surface area contributed by atoms with Gasteiger partial charge in [-0.15, -0.1) is 0 Å². The first-order valence-corrected chi connectivity index (χ1v) is 12.6. The molecule has 4 fully saturated rings. The molecule has 2 aliphatic carbocycles. The van der Waals surface area contributed by atoms with E-state index in [0.29, 0.717) is 17.8 Å². The molecule has 8 atom stereocenters. The van der Waals surface area contributed by atoms with E-state index in [1.807, 2.05) is 25.7 Å². The average Bonchev–Trinajstić information content (AvgIpc) is 3.12. The number of carbonyl (C=O) groups excluding carboxylic acids is 1. The number of fused-ring (bicyclic) bond motifs is 2. The number of rotatable bonds is 3. The Hall–Kier alpha value is -1.07. The minimum atomic E-state index is -0.467. The fourth-order valence-electron chi connectivity index (χ4n) is 6.87. The van der Waals surface area contributed by atoms with Crippen LogP contribution in [0, 0.1) is 29.6 Å². The number of hydrogen-bond acceptors (Lipinski definition) is 4. The lowest BCUT2D eigenvalue weighted by Crippen LogP contribution is -2.50. The lowest BCUT2D eigenvalue weighted by Gasteiger charge is -2.47. The van der Waals surface area contributed by atoms with Crippen molar-refractivity contribution in [3.8, 4) is 0 Å². The van der Waals surface area contributed by atoms with Crippen molar-refractivity contribution in [3.63, 3.8) is 0 Å². The topological polar surface area (TPSA) is 48.0 Å². The molecule has 2 aliphatic heterocycles. The normalized spacial score (nSPS) is 41.1. The van der Waals surface area contributed by atoms with Gasteiger partial charge in [0.1, 0.15) is 5.60 Å². The first-order chi connectivity index (χ1) is 14.8. The largest absolute Gasteiger partial charge is 0.444 e. The standard InChI is InChI=1S/C26H43NO4/c1-17-9-8-11-19(27(17)25(28)31-26(2,3)4)13-14-21-20-12-7-6-10-18(20)15-22-23(21)16-30-24(22)29-5/h13-14,17-24H,6-12,15-16H2,1-5H3/t17-,18?,19?,20?,21?,22?,23?,24?/m0/s1. The van der Waals surface area contributed by atoms with Crippen LogP contribution >= 0.6 is 0 Å². The summed E-state index contributed by atoms with van der Waals surface area (Å²) in [4.78, 5) is 15.0. The van der Waals surface area contributed by atoms with Gasteiger partial charge in [0, 0.05) is 19.1 Å². The molecular formula is C26H43NO4. The summed E-state index contributed by atoms with van der Waals surface area (Å²) in [7, 11) is 1.78. The first-order valence-electron chi connectivity index (χ1n) is 12.6. The van der Waals surface area contributed by atoms with Gasteiger partial charge in [-0.05, 0) is 83.5 Å². The van der Waals surface area contributed by atoms with E-state index in [1.54, 1.807) is 7.11 Å². The van der Waals surface area contributed by atoms with Gasteiger partial charge in [0.15, 0.2) is 6.29 Å². The van der Waals surface area contributed by atoms with Gasteiger partial charge in [0.05, 0.1) is 12.6 Å². The Morgan fingerprint density at radius 1 is 1.00 bits per heavy atom. The van der Waals surface area contributed by atoms with Crippen LogP contribution in [0.2, 0.25) is 0 Å². The van der Waals surface area contributed by atoms with Crippen LogP contribution in [0.1, 0.15) is 79.1 Å². The molecule has 176 valence electrons. The van der Waals surface area contributed by atoms with Gasteiger partial charge in [-0.25, -0.2) is 4.79 Å². The number of carbonyl (C=O) groups is 1. The van der Waals surface area contributed by atoms with Crippen molar-refractivity contribution >= 4 is 6.09 Å². The number of ether oxygens (including phenoxy) is 3. The van der Waals surface area contributed by atoms with Crippen LogP contribution in [-0.4, -0.2) is 48.7 Å². The number of piperidine rings is 1. The Kier molecular flexibility index (Phi) is 7.02. The fourth-order valence-corrected chi connectivity index (χ4v) is 6.87. The smallest absolute Gasteiger partial charge is 0.411 e. The summed E-state index contributed by atoms with van der Waals surface area (Å²) in [5.74, 6) is 3.11. The van der Waals surface area contributed by atoms with Crippen LogP contribution in [0.15, 0.2) is 12.2 Å². The molecule has 31 heavy (non-hydrogen) atoms. The Balaban J connectivity index is 1.54. The van der Waals surface area contributed by atoms with Gasteiger partial charge in [0.2, 0.25) is 0 Å². The van der Waals surface area contributed by atoms with Gasteiger partial charge in [-0.1, -0.05) is 31.4 Å². The Labute approximate surface area is 188 Å². The minimum absolute atomic E-state index is 0.0447. The molecule has 4 rings (SSSR count). The van der Waals surface area contributed by atoms with Gasteiger partial charge in [-0.3, -0.25) is 4.90 Å². The van der Waals surface area contributed by atoms with Gasteiger partial charge in [-0.2, -0.15) is 0 Å². The highest BCUT2D eigenvalue weighted by atomic mass is 16.7. The van der Waals surface area contributed by atoms with Crippen LogP contribution < -0.4 is 0 Å². The highest BCUT2D eigenvalue weighted by Gasteiger charge is 2.50. The lowest BCUT2D eigenvalue weighted by atomic mass is 9.58. The second-order valence-corrected chi connectivity index (χ2v) is 11.4. The highest BCUT2D eigenvalue weighted by Crippen LogP contribution is 2.53. The molecule has 2 heterocycles. The Bertz CT molecular complexity index is 656. The second-order valence-electron chi connectivity index (χ2n) is 11.4. The van der Waals surface area contributed by atoms with E-state index in [9.17, 15) is 4.79 Å². The number of allylic oxidation sites excluding steroid dienone is 1. The maximum absolute atomic E-state index is 13.0. The number of methoxy groups -OCH3 is 1. The van der Waals surface area contributed by atoms with E-state index in [4.69, 9.17) is 14.2 Å². The van der Waals surface area contributed by atoms with Crippen LogP contribution in [0.4, 0.5) is 4.79 Å². The van der Waals surface area contributed by atoms with Gasteiger partial charge >= 0.3 is 6.09 Å². The van der Waals surface area contributed by atoms with Gasteiger partial charge < -0.3 is 14.2 Å². The molecule has 5 heteroatoms. The van der Waals surface area contributed by atoms with Crippen molar-refractivity contribution in [3.05, 3.63) is 12.2 Å². The molecule has 0 radical (unpaired) electrons. The quantitative estimate of drug-likeness (QED) is 0.529. The first kappa shape index (κ1) is 23.1.